The van der Waals surface area contributed by atoms with Gasteiger partial charge in [-0.25, -0.2) is 4.98 Å². The summed E-state index contributed by atoms with van der Waals surface area (Å²) in [6.07, 6.45) is 0.109. The first kappa shape index (κ1) is 15.1. The monoisotopic (exact) mass is 306 g/mol. The quantitative estimate of drug-likeness (QED) is 0.648. The Morgan fingerprint density at radius 3 is 2.90 bits per heavy atom. The van der Waals surface area contributed by atoms with Crippen molar-refractivity contribution in [1.82, 2.24) is 4.98 Å². The van der Waals surface area contributed by atoms with Crippen molar-refractivity contribution in [2.45, 2.75) is 19.9 Å². The summed E-state index contributed by atoms with van der Waals surface area (Å²) in [7, 11) is 0. The molecule has 0 aliphatic rings. The van der Waals surface area contributed by atoms with Crippen LogP contribution in [0.25, 0.3) is 0 Å². The molecular weight excluding hydrogens is 292 g/mol. The molecule has 8 heteroatoms. The van der Waals surface area contributed by atoms with E-state index in [4.69, 9.17) is 5.73 Å². The highest BCUT2D eigenvalue weighted by Crippen LogP contribution is 2.22. The number of amides is 1. The topological polar surface area (TPSA) is 111 Å². The maximum absolute atomic E-state index is 11.9. The second-order valence-corrected chi connectivity index (χ2v) is 5.36. The van der Waals surface area contributed by atoms with Gasteiger partial charge < -0.3 is 11.1 Å². The first-order chi connectivity index (χ1) is 9.99. The van der Waals surface area contributed by atoms with Crippen molar-refractivity contribution in [2.75, 3.05) is 5.32 Å². The van der Waals surface area contributed by atoms with Crippen molar-refractivity contribution in [3.63, 3.8) is 0 Å². The van der Waals surface area contributed by atoms with Gasteiger partial charge in [0.25, 0.3) is 5.69 Å². The van der Waals surface area contributed by atoms with Crippen LogP contribution in [0.4, 0.5) is 11.4 Å². The van der Waals surface area contributed by atoms with E-state index < -0.39 is 4.92 Å². The van der Waals surface area contributed by atoms with E-state index in [-0.39, 0.29) is 18.0 Å². The molecule has 1 amide bonds. The van der Waals surface area contributed by atoms with Gasteiger partial charge in [0, 0.05) is 29.2 Å². The number of aromatic nitrogens is 1. The molecule has 0 fully saturated rings. The Hall–Kier alpha value is -2.32. The number of benzene rings is 1. The largest absolute Gasteiger partial charge is 0.325 e. The Balaban J connectivity index is 2.05. The number of rotatable bonds is 5. The lowest BCUT2D eigenvalue weighted by atomic mass is 10.2. The fourth-order valence-electron chi connectivity index (χ4n) is 1.78. The molecule has 0 aliphatic heterocycles. The summed E-state index contributed by atoms with van der Waals surface area (Å²) in [4.78, 5) is 26.5. The second kappa shape index (κ2) is 6.42. The van der Waals surface area contributed by atoms with E-state index in [2.05, 4.69) is 10.3 Å². The Kier molecular flexibility index (Phi) is 4.61. The van der Waals surface area contributed by atoms with Crippen LogP contribution >= 0.6 is 11.3 Å². The summed E-state index contributed by atoms with van der Waals surface area (Å²) in [6.45, 7) is 1.99. The number of nitrogens with one attached hydrogen (secondary N) is 1. The Bertz CT molecular complexity index is 684. The number of aryl methyl sites for hydroxylation is 1. The lowest BCUT2D eigenvalue weighted by molar-refractivity contribution is -0.385. The maximum atomic E-state index is 11.9. The predicted octanol–water partition coefficient (Wildman–Crippen LogP) is 2.00. The minimum absolute atomic E-state index is 0.0214. The van der Waals surface area contributed by atoms with Gasteiger partial charge >= 0.3 is 0 Å². The molecule has 0 saturated heterocycles. The normalized spacial score (nSPS) is 10.4. The number of carbonyl (C=O) groups excluding carboxylic acids is 1. The molecule has 0 radical (unpaired) electrons. The summed E-state index contributed by atoms with van der Waals surface area (Å²) >= 11 is 1.40. The van der Waals surface area contributed by atoms with Gasteiger partial charge in [-0.15, -0.1) is 11.3 Å². The van der Waals surface area contributed by atoms with Crippen LogP contribution in [-0.2, 0) is 17.8 Å². The van der Waals surface area contributed by atoms with Gasteiger partial charge in [-0.1, -0.05) is 6.07 Å². The second-order valence-electron chi connectivity index (χ2n) is 4.42. The van der Waals surface area contributed by atoms with E-state index in [1.165, 1.54) is 17.4 Å². The molecule has 0 aliphatic carbocycles. The fraction of sp³-hybridized carbons (Fsp3) is 0.231. The van der Waals surface area contributed by atoms with Crippen LogP contribution in [-0.4, -0.2) is 15.8 Å². The summed E-state index contributed by atoms with van der Waals surface area (Å²) in [5.41, 5.74) is 7.02. The number of anilines is 1. The zero-order chi connectivity index (χ0) is 15.4. The number of nitrogens with zero attached hydrogens (tertiary/aromatic N) is 2. The van der Waals surface area contributed by atoms with E-state index in [1.54, 1.807) is 24.4 Å². The first-order valence-corrected chi connectivity index (χ1v) is 7.06. The van der Waals surface area contributed by atoms with Crippen molar-refractivity contribution < 1.29 is 9.72 Å². The Morgan fingerprint density at radius 2 is 2.29 bits per heavy atom. The third-order valence-corrected chi connectivity index (χ3v) is 3.73. The van der Waals surface area contributed by atoms with Gasteiger partial charge in [-0.3, -0.25) is 14.9 Å². The number of carbonyl (C=O) groups is 1. The van der Waals surface area contributed by atoms with Crippen LogP contribution in [0.5, 0.6) is 0 Å². The average molecular weight is 306 g/mol. The van der Waals surface area contributed by atoms with E-state index in [9.17, 15) is 14.9 Å². The summed E-state index contributed by atoms with van der Waals surface area (Å²) < 4.78 is 0. The lowest BCUT2D eigenvalue weighted by Crippen LogP contribution is -2.15. The van der Waals surface area contributed by atoms with Gasteiger partial charge in [0.05, 0.1) is 17.0 Å². The summed E-state index contributed by atoms with van der Waals surface area (Å²) in [6, 6.07) is 4.58. The number of hydrogen-bond donors (Lipinski definition) is 2. The average Bonchev–Trinajstić information content (AvgIpc) is 2.88. The zero-order valence-corrected chi connectivity index (χ0v) is 12.1. The highest BCUT2D eigenvalue weighted by molar-refractivity contribution is 7.09. The van der Waals surface area contributed by atoms with E-state index in [1.807, 2.05) is 0 Å². The van der Waals surface area contributed by atoms with Crippen molar-refractivity contribution in [3.8, 4) is 0 Å². The third-order valence-electron chi connectivity index (χ3n) is 2.81. The van der Waals surface area contributed by atoms with Crippen LogP contribution in [0, 0.1) is 17.0 Å². The molecule has 2 aromatic rings. The fourth-order valence-corrected chi connectivity index (χ4v) is 2.45. The van der Waals surface area contributed by atoms with Crippen molar-refractivity contribution >= 4 is 28.6 Å². The first-order valence-electron chi connectivity index (χ1n) is 6.18. The van der Waals surface area contributed by atoms with E-state index >= 15 is 0 Å². The van der Waals surface area contributed by atoms with Crippen LogP contribution < -0.4 is 11.1 Å². The SMILES string of the molecule is Cc1ccc(NC(=O)Cc2csc(CN)n2)cc1[N+](=O)[O-]. The molecule has 0 spiro atoms. The molecule has 1 aromatic heterocycles. The van der Waals surface area contributed by atoms with E-state index in [0.717, 1.165) is 5.01 Å². The lowest BCUT2D eigenvalue weighted by Gasteiger charge is -2.05. The molecular formula is C13H14N4O3S. The highest BCUT2D eigenvalue weighted by atomic mass is 32.1. The van der Waals surface area contributed by atoms with Crippen LogP contribution in [0.15, 0.2) is 23.6 Å². The molecule has 21 heavy (non-hydrogen) atoms. The van der Waals surface area contributed by atoms with Crippen molar-refractivity contribution in [2.24, 2.45) is 5.73 Å². The molecule has 7 nitrogen and oxygen atoms in total. The van der Waals surface area contributed by atoms with Crippen LogP contribution in [0.1, 0.15) is 16.3 Å². The molecule has 0 bridgehead atoms. The molecule has 110 valence electrons. The number of nitro groups is 1. The number of hydrogen-bond acceptors (Lipinski definition) is 6. The number of thiazole rings is 1. The molecule has 3 N–H and O–H groups in total. The number of nitrogens with two attached hydrogens (primary N) is 1. The van der Waals surface area contributed by atoms with Crippen molar-refractivity contribution in [1.29, 1.82) is 0 Å². The predicted molar refractivity (Wildman–Crippen MR) is 80.2 cm³/mol. The van der Waals surface area contributed by atoms with Gasteiger partial charge in [-0.05, 0) is 13.0 Å². The van der Waals surface area contributed by atoms with E-state index in [0.29, 0.717) is 23.5 Å². The van der Waals surface area contributed by atoms with Gasteiger partial charge in [0.15, 0.2) is 0 Å². The van der Waals surface area contributed by atoms with Crippen LogP contribution in [0.2, 0.25) is 0 Å². The standard InChI is InChI=1S/C13H14N4O3S/c1-8-2-3-9(4-11(8)17(19)20)15-12(18)5-10-7-21-13(6-14)16-10/h2-4,7H,5-6,14H2,1H3,(H,15,18). The molecule has 2 rings (SSSR count). The molecule has 0 atom stereocenters. The minimum Gasteiger partial charge on any atom is -0.325 e. The number of nitro benzene ring substituents is 1. The Labute approximate surface area is 125 Å². The highest BCUT2D eigenvalue weighted by Gasteiger charge is 2.13. The van der Waals surface area contributed by atoms with Crippen LogP contribution in [0.3, 0.4) is 0 Å². The smallest absolute Gasteiger partial charge is 0.274 e. The molecule has 0 unspecified atom stereocenters. The van der Waals surface area contributed by atoms with Crippen molar-refractivity contribution in [3.05, 3.63) is 50.0 Å². The maximum Gasteiger partial charge on any atom is 0.274 e. The summed E-state index contributed by atoms with van der Waals surface area (Å²) in [5.74, 6) is -0.276. The third kappa shape index (κ3) is 3.83. The minimum atomic E-state index is -0.473. The van der Waals surface area contributed by atoms with Gasteiger partial charge in [0.1, 0.15) is 5.01 Å². The molecule has 1 aromatic carbocycles. The summed E-state index contributed by atoms with van der Waals surface area (Å²) in [5, 5.41) is 16.0. The molecule has 1 heterocycles. The van der Waals surface area contributed by atoms with Gasteiger partial charge in [0.2, 0.25) is 5.91 Å². The Morgan fingerprint density at radius 1 is 1.52 bits per heavy atom. The molecule has 0 saturated carbocycles. The van der Waals surface area contributed by atoms with Gasteiger partial charge in [-0.2, -0.15) is 0 Å². The zero-order valence-electron chi connectivity index (χ0n) is 11.3.